The summed E-state index contributed by atoms with van der Waals surface area (Å²) in [5.74, 6) is 1.08. The maximum absolute atomic E-state index is 14.3. The first-order chi connectivity index (χ1) is 16.0. The zero-order chi connectivity index (χ0) is 22.9. The molecule has 33 heavy (non-hydrogen) atoms. The van der Waals surface area contributed by atoms with Crippen LogP contribution in [0.3, 0.4) is 0 Å². The SMILES string of the molecule is Cc1ccc(OCCn2c(C3CC(=O)N(c4ccccc4F)C3)nc3ccccc32)cc1C. The number of carbonyl (C=O) groups is 1. The second-order valence-corrected chi connectivity index (χ2v) is 8.56. The maximum atomic E-state index is 14.3. The van der Waals surface area contributed by atoms with Gasteiger partial charge in [0.05, 0.1) is 23.3 Å². The van der Waals surface area contributed by atoms with Gasteiger partial charge in [0, 0.05) is 18.9 Å². The lowest BCUT2D eigenvalue weighted by Gasteiger charge is -2.18. The highest BCUT2D eigenvalue weighted by Gasteiger charge is 2.35. The van der Waals surface area contributed by atoms with Crippen molar-refractivity contribution in [1.29, 1.82) is 0 Å². The molecule has 1 unspecified atom stereocenters. The quantitative estimate of drug-likeness (QED) is 0.401. The fourth-order valence-electron chi connectivity index (χ4n) is 4.48. The van der Waals surface area contributed by atoms with E-state index in [4.69, 9.17) is 9.72 Å². The van der Waals surface area contributed by atoms with Crippen LogP contribution in [0.2, 0.25) is 0 Å². The number of aromatic nitrogens is 2. The molecule has 1 amide bonds. The summed E-state index contributed by atoms with van der Waals surface area (Å²) in [6.07, 6.45) is 0.301. The van der Waals surface area contributed by atoms with Crippen LogP contribution in [0.1, 0.15) is 29.3 Å². The number of fused-ring (bicyclic) bond motifs is 1. The van der Waals surface area contributed by atoms with Gasteiger partial charge in [-0.1, -0.05) is 30.3 Å². The van der Waals surface area contributed by atoms with E-state index in [0.717, 1.165) is 22.6 Å². The zero-order valence-electron chi connectivity index (χ0n) is 18.8. The molecule has 1 fully saturated rings. The van der Waals surface area contributed by atoms with Crippen molar-refractivity contribution in [3.05, 3.63) is 89.5 Å². The molecule has 5 rings (SSSR count). The summed E-state index contributed by atoms with van der Waals surface area (Å²) in [4.78, 5) is 19.2. The van der Waals surface area contributed by atoms with Crippen molar-refractivity contribution in [2.24, 2.45) is 0 Å². The van der Waals surface area contributed by atoms with E-state index in [9.17, 15) is 9.18 Å². The second kappa shape index (κ2) is 8.70. The number of nitrogens with zero attached hydrogens (tertiary/aromatic N) is 3. The van der Waals surface area contributed by atoms with Gasteiger partial charge < -0.3 is 14.2 Å². The van der Waals surface area contributed by atoms with E-state index in [1.165, 1.54) is 22.1 Å². The van der Waals surface area contributed by atoms with Gasteiger partial charge in [0.25, 0.3) is 0 Å². The smallest absolute Gasteiger partial charge is 0.227 e. The van der Waals surface area contributed by atoms with Gasteiger partial charge in [-0.2, -0.15) is 0 Å². The first-order valence-electron chi connectivity index (χ1n) is 11.2. The normalized spacial score (nSPS) is 16.0. The van der Waals surface area contributed by atoms with Gasteiger partial charge in [-0.25, -0.2) is 9.37 Å². The van der Waals surface area contributed by atoms with Gasteiger partial charge in [0.1, 0.15) is 24.0 Å². The van der Waals surface area contributed by atoms with Crippen LogP contribution in [-0.2, 0) is 11.3 Å². The Hall–Kier alpha value is -3.67. The lowest BCUT2D eigenvalue weighted by atomic mass is 10.1. The van der Waals surface area contributed by atoms with Gasteiger partial charge in [0.15, 0.2) is 0 Å². The predicted octanol–water partition coefficient (Wildman–Crippen LogP) is 5.39. The topological polar surface area (TPSA) is 47.4 Å². The van der Waals surface area contributed by atoms with Crippen molar-refractivity contribution in [3.63, 3.8) is 0 Å². The first-order valence-corrected chi connectivity index (χ1v) is 11.2. The molecular formula is C27H26FN3O2. The minimum absolute atomic E-state index is 0.0879. The largest absolute Gasteiger partial charge is 0.492 e. The Morgan fingerprint density at radius 2 is 1.82 bits per heavy atom. The molecule has 0 N–H and O–H groups in total. The average molecular weight is 444 g/mol. The number of hydrogen-bond acceptors (Lipinski definition) is 3. The van der Waals surface area contributed by atoms with E-state index in [1.807, 2.05) is 36.4 Å². The minimum Gasteiger partial charge on any atom is -0.492 e. The number of benzene rings is 3. The molecule has 1 aliphatic rings. The number of hydrogen-bond donors (Lipinski definition) is 0. The van der Waals surface area contributed by atoms with Crippen molar-refractivity contribution in [2.45, 2.75) is 32.7 Å². The Morgan fingerprint density at radius 3 is 2.64 bits per heavy atom. The molecule has 1 aliphatic heterocycles. The summed E-state index contributed by atoms with van der Waals surface area (Å²) in [5.41, 5.74) is 4.64. The van der Waals surface area contributed by atoms with Gasteiger partial charge in [-0.05, 0) is 61.4 Å². The summed E-state index contributed by atoms with van der Waals surface area (Å²) >= 11 is 0. The highest BCUT2D eigenvalue weighted by molar-refractivity contribution is 5.96. The molecule has 5 nitrogen and oxygen atoms in total. The number of amides is 1. The number of aryl methyl sites for hydroxylation is 2. The minimum atomic E-state index is -0.387. The van der Waals surface area contributed by atoms with Crippen LogP contribution in [0.5, 0.6) is 5.75 Å². The number of para-hydroxylation sites is 3. The summed E-state index contributed by atoms with van der Waals surface area (Å²) in [6, 6.07) is 20.5. The highest BCUT2D eigenvalue weighted by atomic mass is 19.1. The Balaban J connectivity index is 1.40. The van der Waals surface area contributed by atoms with E-state index in [2.05, 4.69) is 24.5 Å². The van der Waals surface area contributed by atoms with Crippen molar-refractivity contribution >= 4 is 22.6 Å². The van der Waals surface area contributed by atoms with Gasteiger partial charge in [0.2, 0.25) is 5.91 Å². The lowest BCUT2D eigenvalue weighted by Crippen LogP contribution is -2.25. The number of ether oxygens (including phenoxy) is 1. The fraction of sp³-hybridized carbons (Fsp3) is 0.259. The number of rotatable bonds is 6. The van der Waals surface area contributed by atoms with Crippen LogP contribution in [0.15, 0.2) is 66.7 Å². The number of imidazole rings is 1. The van der Waals surface area contributed by atoms with Crippen LogP contribution < -0.4 is 9.64 Å². The Morgan fingerprint density at radius 1 is 1.03 bits per heavy atom. The molecule has 0 spiro atoms. The van der Waals surface area contributed by atoms with Gasteiger partial charge >= 0.3 is 0 Å². The van der Waals surface area contributed by atoms with Crippen molar-refractivity contribution in [2.75, 3.05) is 18.1 Å². The van der Waals surface area contributed by atoms with Crippen LogP contribution in [0, 0.1) is 19.7 Å². The molecule has 4 aromatic rings. The van der Waals surface area contributed by atoms with E-state index >= 15 is 0 Å². The van der Waals surface area contributed by atoms with Crippen LogP contribution in [0.4, 0.5) is 10.1 Å². The lowest BCUT2D eigenvalue weighted by molar-refractivity contribution is -0.117. The molecule has 168 valence electrons. The Labute approximate surface area is 192 Å². The number of carbonyl (C=O) groups excluding carboxylic acids is 1. The van der Waals surface area contributed by atoms with Crippen LogP contribution in [-0.4, -0.2) is 28.6 Å². The Kier molecular flexibility index (Phi) is 5.58. The van der Waals surface area contributed by atoms with E-state index in [-0.39, 0.29) is 17.6 Å². The molecule has 2 heterocycles. The fourth-order valence-corrected chi connectivity index (χ4v) is 4.48. The average Bonchev–Trinajstić information content (AvgIpc) is 3.37. The summed E-state index contributed by atoms with van der Waals surface area (Å²) in [6.45, 7) is 5.64. The number of anilines is 1. The zero-order valence-corrected chi connectivity index (χ0v) is 18.8. The standard InChI is InChI=1S/C27H26FN3O2/c1-18-11-12-21(15-19(18)2)33-14-13-30-25-10-6-4-8-23(25)29-27(30)20-16-26(32)31(17-20)24-9-5-3-7-22(24)28/h3-12,15,20H,13-14,16-17H2,1-2H3. The van der Waals surface area contributed by atoms with E-state index < -0.39 is 0 Å². The molecule has 0 bridgehead atoms. The monoisotopic (exact) mass is 443 g/mol. The predicted molar refractivity (Wildman–Crippen MR) is 127 cm³/mol. The summed E-state index contributed by atoms with van der Waals surface area (Å²) < 4.78 is 22.5. The van der Waals surface area contributed by atoms with E-state index in [1.54, 1.807) is 18.2 Å². The molecule has 0 aliphatic carbocycles. The van der Waals surface area contributed by atoms with E-state index in [0.29, 0.717) is 31.8 Å². The van der Waals surface area contributed by atoms with Crippen LogP contribution >= 0.6 is 0 Å². The third-order valence-electron chi connectivity index (χ3n) is 6.38. The molecular weight excluding hydrogens is 417 g/mol. The Bertz CT molecular complexity index is 1330. The van der Waals surface area contributed by atoms with Crippen molar-refractivity contribution in [3.8, 4) is 5.75 Å². The van der Waals surface area contributed by atoms with Gasteiger partial charge in [-0.15, -0.1) is 0 Å². The van der Waals surface area contributed by atoms with Gasteiger partial charge in [-0.3, -0.25) is 4.79 Å². The van der Waals surface area contributed by atoms with Crippen LogP contribution in [0.25, 0.3) is 11.0 Å². The second-order valence-electron chi connectivity index (χ2n) is 8.56. The summed E-state index contributed by atoms with van der Waals surface area (Å²) in [5, 5.41) is 0. The third-order valence-corrected chi connectivity index (χ3v) is 6.38. The number of halogens is 1. The van der Waals surface area contributed by atoms with Crippen molar-refractivity contribution in [1.82, 2.24) is 9.55 Å². The molecule has 6 heteroatoms. The first kappa shape index (κ1) is 21.2. The molecule has 1 aromatic heterocycles. The highest BCUT2D eigenvalue weighted by Crippen LogP contribution is 2.34. The molecule has 1 saturated heterocycles. The summed E-state index contributed by atoms with van der Waals surface area (Å²) in [7, 11) is 0. The molecule has 0 radical (unpaired) electrons. The molecule has 3 aromatic carbocycles. The molecule has 0 saturated carbocycles. The maximum Gasteiger partial charge on any atom is 0.227 e. The molecule has 1 atom stereocenters. The third kappa shape index (κ3) is 4.09. The van der Waals surface area contributed by atoms with Crippen molar-refractivity contribution < 1.29 is 13.9 Å².